The normalized spacial score (nSPS) is 16.1. The van der Waals surface area contributed by atoms with E-state index in [1.807, 2.05) is 19.9 Å². The second-order valence-corrected chi connectivity index (χ2v) is 9.10. The molecule has 1 aliphatic rings. The molecule has 154 valence electrons. The van der Waals surface area contributed by atoms with Crippen molar-refractivity contribution >= 4 is 33.5 Å². The number of carbonyl (C=O) groups is 1. The van der Waals surface area contributed by atoms with E-state index in [4.69, 9.17) is 8.94 Å². The van der Waals surface area contributed by atoms with Gasteiger partial charge >= 0.3 is 0 Å². The Bertz CT molecular complexity index is 1280. The van der Waals surface area contributed by atoms with Gasteiger partial charge in [0.05, 0.1) is 28.0 Å². The Labute approximate surface area is 177 Å². The minimum absolute atomic E-state index is 0.244. The third kappa shape index (κ3) is 3.21. The van der Waals surface area contributed by atoms with Crippen molar-refractivity contribution in [3.05, 3.63) is 45.5 Å². The molecule has 1 unspecified atom stereocenters. The predicted octanol–water partition coefficient (Wildman–Crippen LogP) is 5.24. The van der Waals surface area contributed by atoms with Crippen molar-refractivity contribution < 1.29 is 13.7 Å². The van der Waals surface area contributed by atoms with Crippen molar-refractivity contribution in [2.24, 2.45) is 5.92 Å². The molecule has 4 aromatic rings. The molecule has 0 saturated heterocycles. The van der Waals surface area contributed by atoms with Crippen LogP contribution in [0.4, 0.5) is 5.13 Å². The molecule has 5 rings (SSSR count). The SMILES string of the molecule is Cc1cc(-c2cc(C(=O)Nc3nc4c(s3)CC(C)CC4)c3c(C)noc3n2)c(C)o1. The van der Waals surface area contributed by atoms with E-state index in [1.54, 1.807) is 24.3 Å². The van der Waals surface area contributed by atoms with E-state index in [9.17, 15) is 4.79 Å². The van der Waals surface area contributed by atoms with E-state index in [-0.39, 0.29) is 5.91 Å². The average molecular weight is 423 g/mol. The number of aromatic nitrogens is 3. The minimum Gasteiger partial charge on any atom is -0.466 e. The van der Waals surface area contributed by atoms with Gasteiger partial charge in [0.15, 0.2) is 5.13 Å². The third-order valence-electron chi connectivity index (χ3n) is 5.59. The molecule has 1 N–H and O–H groups in total. The van der Waals surface area contributed by atoms with Gasteiger partial charge < -0.3 is 8.94 Å². The van der Waals surface area contributed by atoms with Crippen LogP contribution in [0.15, 0.2) is 21.1 Å². The molecule has 0 spiro atoms. The summed E-state index contributed by atoms with van der Waals surface area (Å²) < 4.78 is 11.0. The molecule has 1 aliphatic carbocycles. The number of furan rings is 1. The summed E-state index contributed by atoms with van der Waals surface area (Å²) in [6.07, 6.45) is 3.13. The van der Waals surface area contributed by atoms with Gasteiger partial charge in [-0.15, -0.1) is 11.3 Å². The van der Waals surface area contributed by atoms with Crippen LogP contribution in [0.3, 0.4) is 0 Å². The molecule has 0 saturated carbocycles. The number of rotatable bonds is 3. The van der Waals surface area contributed by atoms with Gasteiger partial charge in [0, 0.05) is 10.4 Å². The number of carbonyl (C=O) groups excluding carboxylic acids is 1. The molecule has 0 fully saturated rings. The fourth-order valence-corrected chi connectivity index (χ4v) is 5.22. The number of amides is 1. The molecule has 4 aromatic heterocycles. The highest BCUT2D eigenvalue weighted by Crippen LogP contribution is 2.34. The second kappa shape index (κ2) is 7.05. The van der Waals surface area contributed by atoms with Crippen LogP contribution in [0.1, 0.15) is 51.5 Å². The molecule has 0 radical (unpaired) electrons. The number of anilines is 1. The second-order valence-electron chi connectivity index (χ2n) is 8.02. The number of nitrogens with zero attached hydrogens (tertiary/aromatic N) is 3. The predicted molar refractivity (Wildman–Crippen MR) is 115 cm³/mol. The maximum atomic E-state index is 13.3. The highest BCUT2D eigenvalue weighted by atomic mass is 32.1. The summed E-state index contributed by atoms with van der Waals surface area (Å²) in [7, 11) is 0. The lowest BCUT2D eigenvalue weighted by molar-refractivity contribution is 0.102. The zero-order valence-corrected chi connectivity index (χ0v) is 18.1. The van der Waals surface area contributed by atoms with E-state index in [1.165, 1.54) is 4.88 Å². The number of thiazole rings is 1. The van der Waals surface area contributed by atoms with Gasteiger partial charge in [-0.1, -0.05) is 12.1 Å². The molecular weight excluding hydrogens is 400 g/mol. The van der Waals surface area contributed by atoms with Crippen molar-refractivity contribution in [1.82, 2.24) is 15.1 Å². The Hall–Kier alpha value is -3.00. The number of fused-ring (bicyclic) bond motifs is 2. The first-order chi connectivity index (χ1) is 14.4. The summed E-state index contributed by atoms with van der Waals surface area (Å²) in [5, 5.41) is 8.25. The molecule has 4 heterocycles. The molecule has 1 atom stereocenters. The zero-order valence-electron chi connectivity index (χ0n) is 17.3. The van der Waals surface area contributed by atoms with Crippen LogP contribution in [0.5, 0.6) is 0 Å². The summed E-state index contributed by atoms with van der Waals surface area (Å²) in [5.74, 6) is 1.94. The molecule has 8 heteroatoms. The van der Waals surface area contributed by atoms with Crippen LogP contribution >= 0.6 is 11.3 Å². The molecule has 1 amide bonds. The van der Waals surface area contributed by atoms with Crippen LogP contribution in [-0.4, -0.2) is 21.0 Å². The number of hydrogen-bond donors (Lipinski definition) is 1. The summed E-state index contributed by atoms with van der Waals surface area (Å²) in [5.41, 5.74) is 3.98. The van der Waals surface area contributed by atoms with Gasteiger partial charge in [-0.25, -0.2) is 9.97 Å². The molecule has 30 heavy (non-hydrogen) atoms. The lowest BCUT2D eigenvalue weighted by Gasteiger charge is -2.15. The maximum absolute atomic E-state index is 13.3. The van der Waals surface area contributed by atoms with E-state index in [0.29, 0.717) is 39.1 Å². The quantitative estimate of drug-likeness (QED) is 0.485. The van der Waals surface area contributed by atoms with Crippen LogP contribution in [0.25, 0.3) is 22.4 Å². The van der Waals surface area contributed by atoms with Crippen LogP contribution in [0, 0.1) is 26.7 Å². The van der Waals surface area contributed by atoms with Crippen molar-refractivity contribution in [3.63, 3.8) is 0 Å². The van der Waals surface area contributed by atoms with Crippen LogP contribution in [0.2, 0.25) is 0 Å². The molecule has 0 bridgehead atoms. The first-order valence-corrected chi connectivity index (χ1v) is 10.8. The maximum Gasteiger partial charge on any atom is 0.259 e. The van der Waals surface area contributed by atoms with Gasteiger partial charge in [-0.3, -0.25) is 10.1 Å². The van der Waals surface area contributed by atoms with Gasteiger partial charge in [0.2, 0.25) is 0 Å². The van der Waals surface area contributed by atoms with Gasteiger partial charge in [0.25, 0.3) is 11.6 Å². The summed E-state index contributed by atoms with van der Waals surface area (Å²) in [6, 6.07) is 3.68. The standard InChI is InChI=1S/C22H22N4O3S/c1-10-5-6-16-18(7-10)30-22(24-16)25-20(27)15-9-17(14-8-11(2)28-13(14)4)23-21-19(15)12(3)26-29-21/h8-10H,5-7H2,1-4H3,(H,24,25,27). The van der Waals surface area contributed by atoms with Crippen LogP contribution < -0.4 is 5.32 Å². The number of nitrogens with one attached hydrogen (secondary N) is 1. The molecule has 7 nitrogen and oxygen atoms in total. The number of pyridine rings is 1. The lowest BCUT2D eigenvalue weighted by Crippen LogP contribution is -2.13. The van der Waals surface area contributed by atoms with E-state index >= 15 is 0 Å². The largest absolute Gasteiger partial charge is 0.466 e. The fourth-order valence-electron chi connectivity index (χ4n) is 4.05. The van der Waals surface area contributed by atoms with Crippen molar-refractivity contribution in [2.75, 3.05) is 5.32 Å². The fraction of sp³-hybridized carbons (Fsp3) is 0.364. The smallest absolute Gasteiger partial charge is 0.259 e. The summed E-state index contributed by atoms with van der Waals surface area (Å²) >= 11 is 1.57. The monoisotopic (exact) mass is 422 g/mol. The summed E-state index contributed by atoms with van der Waals surface area (Å²) in [6.45, 7) is 7.82. The van der Waals surface area contributed by atoms with Crippen molar-refractivity contribution in [1.29, 1.82) is 0 Å². The Morgan fingerprint density at radius 2 is 2.07 bits per heavy atom. The Kier molecular flexibility index (Phi) is 4.47. The van der Waals surface area contributed by atoms with Crippen molar-refractivity contribution in [3.8, 4) is 11.3 Å². The topological polar surface area (TPSA) is 94.1 Å². The lowest BCUT2D eigenvalue weighted by atomic mass is 9.93. The van der Waals surface area contributed by atoms with E-state index in [2.05, 4.69) is 27.4 Å². The summed E-state index contributed by atoms with van der Waals surface area (Å²) in [4.78, 5) is 23.8. The van der Waals surface area contributed by atoms with E-state index in [0.717, 1.165) is 42.0 Å². The Morgan fingerprint density at radius 1 is 1.23 bits per heavy atom. The van der Waals surface area contributed by atoms with Crippen LogP contribution in [-0.2, 0) is 12.8 Å². The minimum atomic E-state index is -0.244. The average Bonchev–Trinajstić information content (AvgIpc) is 3.37. The number of hydrogen-bond acceptors (Lipinski definition) is 7. The molecule has 0 aromatic carbocycles. The van der Waals surface area contributed by atoms with E-state index < -0.39 is 0 Å². The van der Waals surface area contributed by atoms with Crippen molar-refractivity contribution in [2.45, 2.75) is 47.0 Å². The third-order valence-corrected chi connectivity index (χ3v) is 6.62. The zero-order chi connectivity index (χ0) is 21.0. The Morgan fingerprint density at radius 3 is 2.83 bits per heavy atom. The first-order valence-electron chi connectivity index (χ1n) is 10.0. The highest BCUT2D eigenvalue weighted by Gasteiger charge is 2.24. The number of aryl methyl sites for hydroxylation is 4. The first kappa shape index (κ1) is 19.0. The molecular formula is C22H22N4O3S. The van der Waals surface area contributed by atoms with Gasteiger partial charge in [-0.2, -0.15) is 0 Å². The molecule has 0 aliphatic heterocycles. The Balaban J connectivity index is 1.55. The highest BCUT2D eigenvalue weighted by molar-refractivity contribution is 7.15. The van der Waals surface area contributed by atoms with Gasteiger partial charge in [0.1, 0.15) is 11.5 Å². The van der Waals surface area contributed by atoms with Gasteiger partial charge in [-0.05, 0) is 58.1 Å².